The molecule has 0 aliphatic rings. The highest BCUT2D eigenvalue weighted by molar-refractivity contribution is 7.97. The number of likely N-dealkylation sites (N-methyl/N-ethyl adjacent to an activating group) is 1. The van der Waals surface area contributed by atoms with Crippen molar-refractivity contribution in [1.29, 1.82) is 0 Å². The van der Waals surface area contributed by atoms with Crippen LogP contribution in [-0.2, 0) is 9.59 Å². The second-order valence-electron chi connectivity index (χ2n) is 5.40. The Hall–Kier alpha value is -3.25. The molecule has 150 valence electrons. The second kappa shape index (κ2) is 9.62. The average molecular weight is 410 g/mol. The zero-order chi connectivity index (χ0) is 20.7. The van der Waals surface area contributed by atoms with Crippen molar-refractivity contribution in [2.75, 3.05) is 6.54 Å². The second-order valence-corrected chi connectivity index (χ2v) is 6.28. The zero-order valence-electron chi connectivity index (χ0n) is 14.7. The summed E-state index contributed by atoms with van der Waals surface area (Å²) in [5.74, 6) is -2.44. The van der Waals surface area contributed by atoms with E-state index < -0.39 is 41.0 Å². The lowest BCUT2D eigenvalue weighted by molar-refractivity contribution is -0.387. The van der Waals surface area contributed by atoms with E-state index in [1.165, 1.54) is 18.2 Å². The number of aromatic hydroxyl groups is 2. The van der Waals surface area contributed by atoms with Crippen molar-refractivity contribution in [2.24, 2.45) is 0 Å². The molecule has 28 heavy (non-hydrogen) atoms. The van der Waals surface area contributed by atoms with E-state index in [0.29, 0.717) is 11.3 Å². The molecule has 4 N–H and O–H groups in total. The number of carbonyl (C=O) groups is 2. The number of nitrogens with one attached hydrogen (secondary N) is 2. The molecule has 0 radical (unpaired) electrons. The van der Waals surface area contributed by atoms with Gasteiger partial charge in [0.15, 0.2) is 0 Å². The van der Waals surface area contributed by atoms with E-state index >= 15 is 0 Å². The summed E-state index contributed by atoms with van der Waals surface area (Å²) >= 11 is 0.828. The van der Waals surface area contributed by atoms with Crippen molar-refractivity contribution >= 4 is 29.5 Å². The summed E-state index contributed by atoms with van der Waals surface area (Å²) in [5.41, 5.74) is -0.153. The first-order valence-electron chi connectivity index (χ1n) is 8.07. The molecule has 1 aromatic carbocycles. The fourth-order valence-corrected chi connectivity index (χ4v) is 2.97. The van der Waals surface area contributed by atoms with Crippen LogP contribution < -0.4 is 14.9 Å². The molecule has 0 spiro atoms. The van der Waals surface area contributed by atoms with Crippen molar-refractivity contribution in [1.82, 2.24) is 14.8 Å². The summed E-state index contributed by atoms with van der Waals surface area (Å²) in [6, 6.07) is 7.08. The van der Waals surface area contributed by atoms with Crippen LogP contribution in [0, 0.1) is 10.1 Å². The van der Waals surface area contributed by atoms with Crippen LogP contribution in [0.1, 0.15) is 13.3 Å². The van der Waals surface area contributed by atoms with Gasteiger partial charge in [0.05, 0.1) is 11.3 Å². The number of rotatable bonds is 9. The standard InChI is InChI=1S/C16H18N4O7S/c1-2-17-16(24)10(9-15(23)27-19-13(21)7-8-14(19)22)18-28-12-6-4-3-5-11(12)20(25)26/h3-8,10,18,21-22H,2,9H2,1H3,(H,17,24). The molecule has 1 amide bonds. The summed E-state index contributed by atoms with van der Waals surface area (Å²) in [7, 11) is 0. The third kappa shape index (κ3) is 5.37. The molecular formula is C16H18N4O7S. The lowest BCUT2D eigenvalue weighted by atomic mass is 10.2. The third-order valence-electron chi connectivity index (χ3n) is 3.40. The van der Waals surface area contributed by atoms with E-state index in [2.05, 4.69) is 10.0 Å². The molecule has 0 aliphatic heterocycles. The molecule has 0 fully saturated rings. The number of hydrogen-bond acceptors (Lipinski definition) is 9. The molecule has 0 aliphatic carbocycles. The summed E-state index contributed by atoms with van der Waals surface area (Å²) < 4.78 is 3.23. The predicted molar refractivity (Wildman–Crippen MR) is 98.5 cm³/mol. The topological polar surface area (TPSA) is 156 Å². The Labute approximate surface area is 163 Å². The highest BCUT2D eigenvalue weighted by Gasteiger charge is 2.25. The minimum atomic E-state index is -1.09. The molecule has 0 saturated carbocycles. The highest BCUT2D eigenvalue weighted by Crippen LogP contribution is 2.27. The van der Waals surface area contributed by atoms with Gasteiger partial charge in [-0.2, -0.15) is 0 Å². The number of nitrogens with zero attached hydrogens (tertiary/aromatic N) is 2. The number of nitro groups is 1. The van der Waals surface area contributed by atoms with Crippen LogP contribution in [0.2, 0.25) is 0 Å². The van der Waals surface area contributed by atoms with Gasteiger partial charge in [-0.25, -0.2) is 9.52 Å². The molecular weight excluding hydrogens is 392 g/mol. The van der Waals surface area contributed by atoms with Gasteiger partial charge in [-0.1, -0.05) is 12.1 Å². The Bertz CT molecular complexity index is 851. The van der Waals surface area contributed by atoms with Gasteiger partial charge in [-0.3, -0.25) is 14.9 Å². The number of amides is 1. The van der Waals surface area contributed by atoms with Crippen LogP contribution >= 0.6 is 11.9 Å². The van der Waals surface area contributed by atoms with Gasteiger partial charge in [0.1, 0.15) is 10.9 Å². The maximum absolute atomic E-state index is 12.2. The first-order chi connectivity index (χ1) is 13.3. The van der Waals surface area contributed by atoms with Crippen molar-refractivity contribution in [2.45, 2.75) is 24.3 Å². The first-order valence-corrected chi connectivity index (χ1v) is 8.89. The fraction of sp³-hybridized carbons (Fsp3) is 0.250. The maximum atomic E-state index is 12.2. The van der Waals surface area contributed by atoms with Crippen molar-refractivity contribution < 1.29 is 29.6 Å². The molecule has 12 heteroatoms. The fourth-order valence-electron chi connectivity index (χ4n) is 2.12. The van der Waals surface area contributed by atoms with Gasteiger partial charge in [-0.05, 0) is 24.9 Å². The number of aromatic nitrogens is 1. The Morgan fingerprint density at radius 3 is 2.50 bits per heavy atom. The van der Waals surface area contributed by atoms with Crippen LogP contribution in [0.4, 0.5) is 5.69 Å². The summed E-state index contributed by atoms with van der Waals surface area (Å²) in [6.45, 7) is 2.00. The van der Waals surface area contributed by atoms with Gasteiger partial charge in [0.25, 0.3) is 5.69 Å². The number of para-hydroxylation sites is 1. The maximum Gasteiger partial charge on any atom is 0.335 e. The molecule has 1 atom stereocenters. The molecule has 2 rings (SSSR count). The quantitative estimate of drug-likeness (QED) is 0.268. The third-order valence-corrected chi connectivity index (χ3v) is 4.37. The smallest absolute Gasteiger partial charge is 0.335 e. The number of carbonyl (C=O) groups excluding carboxylic acids is 2. The van der Waals surface area contributed by atoms with Gasteiger partial charge in [-0.15, -0.1) is 4.73 Å². The SMILES string of the molecule is CCNC(=O)C(CC(=O)On1c(O)ccc1O)NSc1ccccc1[N+](=O)[O-]. The van der Waals surface area contributed by atoms with E-state index in [1.54, 1.807) is 13.0 Å². The Balaban J connectivity index is 2.09. The van der Waals surface area contributed by atoms with Gasteiger partial charge in [0.2, 0.25) is 17.7 Å². The molecule has 1 unspecified atom stereocenters. The van der Waals surface area contributed by atoms with Gasteiger partial charge >= 0.3 is 5.97 Å². The number of benzene rings is 1. The molecule has 1 aromatic heterocycles. The van der Waals surface area contributed by atoms with Crippen LogP contribution in [0.3, 0.4) is 0 Å². The van der Waals surface area contributed by atoms with E-state index in [9.17, 15) is 29.9 Å². The monoisotopic (exact) mass is 410 g/mol. The van der Waals surface area contributed by atoms with Crippen molar-refractivity contribution in [3.63, 3.8) is 0 Å². The molecule has 0 bridgehead atoms. The minimum absolute atomic E-state index is 0.153. The number of hydrogen-bond donors (Lipinski definition) is 4. The van der Waals surface area contributed by atoms with Crippen LogP contribution in [0.15, 0.2) is 41.3 Å². The lowest BCUT2D eigenvalue weighted by Gasteiger charge is -2.17. The van der Waals surface area contributed by atoms with Crippen LogP contribution in [0.5, 0.6) is 11.8 Å². The predicted octanol–water partition coefficient (Wildman–Crippen LogP) is 0.954. The molecule has 0 saturated heterocycles. The Morgan fingerprint density at radius 1 is 1.25 bits per heavy atom. The Kier molecular flexibility index (Phi) is 7.23. The van der Waals surface area contributed by atoms with Crippen LogP contribution in [-0.4, -0.2) is 44.3 Å². The van der Waals surface area contributed by atoms with E-state index in [0.717, 1.165) is 24.1 Å². The summed E-state index contributed by atoms with van der Waals surface area (Å²) in [5, 5.41) is 32.6. The van der Waals surface area contributed by atoms with E-state index in [1.807, 2.05) is 0 Å². The zero-order valence-corrected chi connectivity index (χ0v) is 15.5. The lowest BCUT2D eigenvalue weighted by Crippen LogP contribution is -2.44. The molecule has 1 heterocycles. The van der Waals surface area contributed by atoms with E-state index in [-0.39, 0.29) is 10.6 Å². The van der Waals surface area contributed by atoms with Crippen LogP contribution in [0.25, 0.3) is 0 Å². The minimum Gasteiger partial charge on any atom is -0.492 e. The normalized spacial score (nSPS) is 11.6. The van der Waals surface area contributed by atoms with Crippen molar-refractivity contribution in [3.8, 4) is 11.8 Å². The van der Waals surface area contributed by atoms with Crippen molar-refractivity contribution in [3.05, 3.63) is 46.5 Å². The summed E-state index contributed by atoms with van der Waals surface area (Å²) in [6.07, 6.45) is -0.462. The molecule has 2 aromatic rings. The first kappa shape index (κ1) is 21.1. The largest absolute Gasteiger partial charge is 0.492 e. The highest BCUT2D eigenvalue weighted by atomic mass is 32.2. The molecule has 11 nitrogen and oxygen atoms in total. The Morgan fingerprint density at radius 2 is 1.89 bits per heavy atom. The van der Waals surface area contributed by atoms with Gasteiger partial charge < -0.3 is 20.4 Å². The summed E-state index contributed by atoms with van der Waals surface area (Å²) in [4.78, 5) is 40.0. The average Bonchev–Trinajstić information content (AvgIpc) is 2.97. The van der Waals surface area contributed by atoms with Gasteiger partial charge in [0, 0.05) is 24.7 Å². The van der Waals surface area contributed by atoms with E-state index in [4.69, 9.17) is 4.84 Å². The number of nitro benzene ring substituents is 1.